The van der Waals surface area contributed by atoms with Crippen LogP contribution in [0.5, 0.6) is 11.6 Å². The maximum atomic E-state index is 12.9. The molecule has 1 aliphatic carbocycles. The third-order valence-corrected chi connectivity index (χ3v) is 7.83. The Kier molecular flexibility index (Phi) is 6.64. The van der Waals surface area contributed by atoms with Gasteiger partial charge in [0.15, 0.2) is 0 Å². The summed E-state index contributed by atoms with van der Waals surface area (Å²) in [5.41, 5.74) is 3.34. The first-order valence-electron chi connectivity index (χ1n) is 13.7. The van der Waals surface area contributed by atoms with Crippen LogP contribution in [0.25, 0.3) is 22.0 Å². The van der Waals surface area contributed by atoms with Gasteiger partial charge in [0, 0.05) is 47.4 Å². The topological polar surface area (TPSA) is 101 Å². The van der Waals surface area contributed by atoms with E-state index < -0.39 is 0 Å². The molecule has 3 heterocycles. The second-order valence-electron chi connectivity index (χ2n) is 11.3. The lowest BCUT2D eigenvalue weighted by atomic mass is 10.0. The number of anilines is 2. The molecular weight excluding hydrogens is 488 g/mol. The number of aryl methyl sites for hydroxylation is 1. The van der Waals surface area contributed by atoms with Crippen LogP contribution in [0.2, 0.25) is 0 Å². The molecule has 1 saturated carbocycles. The van der Waals surface area contributed by atoms with Crippen LogP contribution in [-0.2, 0) is 4.79 Å². The van der Waals surface area contributed by atoms with E-state index in [0.29, 0.717) is 23.6 Å². The molecule has 2 aromatic heterocycles. The Hall–Kier alpha value is -4.04. The van der Waals surface area contributed by atoms with Crippen molar-refractivity contribution in [2.75, 3.05) is 23.7 Å². The molecular formula is C31H34N6O2. The van der Waals surface area contributed by atoms with Gasteiger partial charge in [0.05, 0.1) is 11.3 Å². The van der Waals surface area contributed by atoms with E-state index in [4.69, 9.17) is 9.72 Å². The largest absolute Gasteiger partial charge is 0.437 e. The van der Waals surface area contributed by atoms with Crippen molar-refractivity contribution in [3.05, 3.63) is 66.5 Å². The van der Waals surface area contributed by atoms with Crippen molar-refractivity contribution in [1.29, 1.82) is 0 Å². The lowest BCUT2D eigenvalue weighted by Gasteiger charge is -2.23. The molecule has 2 aromatic carbocycles. The van der Waals surface area contributed by atoms with Gasteiger partial charge in [-0.2, -0.15) is 0 Å². The molecule has 2 atom stereocenters. The summed E-state index contributed by atoms with van der Waals surface area (Å²) in [4.78, 5) is 26.7. The number of amides is 1. The van der Waals surface area contributed by atoms with Crippen LogP contribution in [-0.4, -0.2) is 40.0 Å². The fourth-order valence-electron chi connectivity index (χ4n) is 5.32. The number of piperidine rings is 1. The number of fused-ring (bicyclic) bond motifs is 1. The fraction of sp³-hybridized carbons (Fsp3) is 0.355. The molecule has 200 valence electrons. The molecule has 2 fully saturated rings. The second-order valence-corrected chi connectivity index (χ2v) is 11.3. The molecule has 8 heteroatoms. The Morgan fingerprint density at radius 3 is 2.72 bits per heavy atom. The number of ether oxygens (including phenoxy) is 1. The van der Waals surface area contributed by atoms with Gasteiger partial charge >= 0.3 is 0 Å². The molecule has 6 rings (SSSR count). The fourth-order valence-corrected chi connectivity index (χ4v) is 5.32. The molecule has 0 bridgehead atoms. The highest BCUT2D eigenvalue weighted by molar-refractivity contribution is 6.05. The number of rotatable bonds is 7. The zero-order valence-electron chi connectivity index (χ0n) is 22.6. The van der Waals surface area contributed by atoms with Gasteiger partial charge in [-0.1, -0.05) is 38.1 Å². The van der Waals surface area contributed by atoms with E-state index in [2.05, 4.69) is 39.8 Å². The van der Waals surface area contributed by atoms with Gasteiger partial charge in [-0.3, -0.25) is 4.79 Å². The molecule has 1 aliphatic heterocycles. The predicted molar refractivity (Wildman–Crippen MR) is 154 cm³/mol. The van der Waals surface area contributed by atoms with Crippen LogP contribution in [0.1, 0.15) is 38.7 Å². The maximum absolute atomic E-state index is 12.9. The standard InChI is InChI=1S/C31H34N6O2/c1-19-11-12-21-22(8-4-10-25(21)36-28(38)24-17-31(24,2)3)27(19)39-29-23(9-6-15-33-29)26-13-16-34-30(37-26)35-20-7-5-14-32-18-20/h4,6,8-13,15-16,20,24,32H,5,7,14,17-18H2,1-3H3,(H,36,38)(H,34,35,37)/t20?,24-/m1/s1. The van der Waals surface area contributed by atoms with Gasteiger partial charge in [0.2, 0.25) is 17.7 Å². The Labute approximate surface area is 228 Å². The number of hydrogen-bond donors (Lipinski definition) is 3. The van der Waals surface area contributed by atoms with Crippen LogP contribution in [0.15, 0.2) is 60.9 Å². The first-order chi connectivity index (χ1) is 18.9. The average molecular weight is 523 g/mol. The Balaban J connectivity index is 1.30. The summed E-state index contributed by atoms with van der Waals surface area (Å²) in [6.07, 6.45) is 6.61. The number of benzene rings is 2. The summed E-state index contributed by atoms with van der Waals surface area (Å²) in [6, 6.07) is 16.0. The van der Waals surface area contributed by atoms with E-state index in [0.717, 1.165) is 65.6 Å². The minimum Gasteiger partial charge on any atom is -0.437 e. The number of carbonyl (C=O) groups excluding carboxylic acids is 1. The van der Waals surface area contributed by atoms with E-state index in [1.807, 2.05) is 55.5 Å². The van der Waals surface area contributed by atoms with Crippen molar-refractivity contribution >= 4 is 28.3 Å². The summed E-state index contributed by atoms with van der Waals surface area (Å²) >= 11 is 0. The lowest BCUT2D eigenvalue weighted by Crippen LogP contribution is -2.38. The average Bonchev–Trinajstić information content (AvgIpc) is 3.59. The number of carbonyl (C=O) groups is 1. The first-order valence-corrected chi connectivity index (χ1v) is 13.7. The van der Waals surface area contributed by atoms with Crippen LogP contribution in [0.4, 0.5) is 11.6 Å². The van der Waals surface area contributed by atoms with E-state index in [1.165, 1.54) is 0 Å². The van der Waals surface area contributed by atoms with Crippen LogP contribution >= 0.6 is 0 Å². The summed E-state index contributed by atoms with van der Waals surface area (Å²) in [6.45, 7) is 8.22. The first kappa shape index (κ1) is 25.2. The zero-order valence-corrected chi connectivity index (χ0v) is 22.6. The Morgan fingerprint density at radius 1 is 1.05 bits per heavy atom. The van der Waals surface area contributed by atoms with Crippen LogP contribution in [0, 0.1) is 18.3 Å². The molecule has 2 aliphatic rings. The minimum atomic E-state index is 0.0478. The third kappa shape index (κ3) is 5.29. The van der Waals surface area contributed by atoms with Gasteiger partial charge in [-0.15, -0.1) is 0 Å². The molecule has 0 spiro atoms. The Bertz CT molecular complexity index is 1530. The maximum Gasteiger partial charge on any atom is 0.228 e. The quantitative estimate of drug-likeness (QED) is 0.276. The summed E-state index contributed by atoms with van der Waals surface area (Å²) in [5, 5.41) is 11.9. The molecule has 8 nitrogen and oxygen atoms in total. The number of aromatic nitrogens is 3. The van der Waals surface area contributed by atoms with E-state index in [1.54, 1.807) is 12.4 Å². The minimum absolute atomic E-state index is 0.0478. The number of nitrogens with zero attached hydrogens (tertiary/aromatic N) is 3. The van der Waals surface area contributed by atoms with E-state index in [-0.39, 0.29) is 17.2 Å². The Morgan fingerprint density at radius 2 is 1.92 bits per heavy atom. The number of nitrogens with one attached hydrogen (secondary N) is 3. The van der Waals surface area contributed by atoms with Gasteiger partial charge in [0.1, 0.15) is 5.75 Å². The van der Waals surface area contributed by atoms with Gasteiger partial charge < -0.3 is 20.7 Å². The zero-order chi connectivity index (χ0) is 27.0. The number of hydrogen-bond acceptors (Lipinski definition) is 7. The van der Waals surface area contributed by atoms with Crippen molar-refractivity contribution in [3.63, 3.8) is 0 Å². The third-order valence-electron chi connectivity index (χ3n) is 7.83. The molecule has 0 radical (unpaired) electrons. The highest BCUT2D eigenvalue weighted by Gasteiger charge is 2.50. The van der Waals surface area contributed by atoms with Crippen molar-refractivity contribution in [2.24, 2.45) is 11.3 Å². The van der Waals surface area contributed by atoms with E-state index >= 15 is 0 Å². The molecule has 1 amide bonds. The highest BCUT2D eigenvalue weighted by Crippen LogP contribution is 2.52. The monoisotopic (exact) mass is 522 g/mol. The normalized spacial score (nSPS) is 19.9. The van der Waals surface area contributed by atoms with Crippen LogP contribution in [0.3, 0.4) is 0 Å². The smallest absolute Gasteiger partial charge is 0.228 e. The van der Waals surface area contributed by atoms with Gasteiger partial charge in [0.25, 0.3) is 0 Å². The SMILES string of the molecule is Cc1ccc2c(NC(=O)[C@H]3CC3(C)C)cccc2c1Oc1ncccc1-c1ccnc(NC2CCCNC2)n1. The molecule has 1 saturated heterocycles. The van der Waals surface area contributed by atoms with Crippen LogP contribution < -0.4 is 20.7 Å². The molecule has 1 unspecified atom stereocenters. The molecule has 3 N–H and O–H groups in total. The van der Waals surface area contributed by atoms with Crippen molar-refractivity contribution in [1.82, 2.24) is 20.3 Å². The lowest BCUT2D eigenvalue weighted by molar-refractivity contribution is -0.117. The number of pyridine rings is 1. The van der Waals surface area contributed by atoms with Crippen molar-refractivity contribution in [3.8, 4) is 22.9 Å². The summed E-state index contributed by atoms with van der Waals surface area (Å²) in [5.74, 6) is 1.88. The second kappa shape index (κ2) is 10.3. The molecule has 4 aromatic rings. The van der Waals surface area contributed by atoms with Gasteiger partial charge in [-0.25, -0.2) is 15.0 Å². The highest BCUT2D eigenvalue weighted by atomic mass is 16.5. The predicted octanol–water partition coefficient (Wildman–Crippen LogP) is 5.94. The van der Waals surface area contributed by atoms with E-state index in [9.17, 15) is 4.79 Å². The van der Waals surface area contributed by atoms with Crippen molar-refractivity contribution < 1.29 is 9.53 Å². The van der Waals surface area contributed by atoms with Gasteiger partial charge in [-0.05, 0) is 68.0 Å². The van der Waals surface area contributed by atoms with Crippen molar-refractivity contribution in [2.45, 2.75) is 46.1 Å². The summed E-state index contributed by atoms with van der Waals surface area (Å²) in [7, 11) is 0. The summed E-state index contributed by atoms with van der Waals surface area (Å²) < 4.78 is 6.54. The molecule has 39 heavy (non-hydrogen) atoms.